The second-order valence-corrected chi connectivity index (χ2v) is 7.44. The normalized spacial score (nSPS) is 12.4. The number of thioether (sulfide) groups is 1. The summed E-state index contributed by atoms with van der Waals surface area (Å²) in [7, 11) is 0. The third-order valence-electron chi connectivity index (χ3n) is 4.05. The van der Waals surface area contributed by atoms with Gasteiger partial charge in [0.25, 0.3) is 5.69 Å². The standard InChI is InChI=1S/C17H15N7O3S/c1-9-8-14-19-22-17(23(14)11(3)18-9)28-10(2)15-20-21-16(27-15)12-4-6-13(7-5-12)24(25)26/h4-8,10H,1-3H3. The predicted molar refractivity (Wildman–Crippen MR) is 101 cm³/mol. The van der Waals surface area contributed by atoms with Crippen molar-refractivity contribution in [3.05, 3.63) is 57.9 Å². The summed E-state index contributed by atoms with van der Waals surface area (Å²) in [5.41, 5.74) is 2.23. The zero-order valence-electron chi connectivity index (χ0n) is 15.2. The van der Waals surface area contributed by atoms with Crippen LogP contribution in [-0.2, 0) is 0 Å². The van der Waals surface area contributed by atoms with Gasteiger partial charge in [0.15, 0.2) is 10.8 Å². The molecule has 0 aliphatic carbocycles. The zero-order valence-corrected chi connectivity index (χ0v) is 16.0. The summed E-state index contributed by atoms with van der Waals surface area (Å²) in [6, 6.07) is 7.83. The summed E-state index contributed by atoms with van der Waals surface area (Å²) in [6.45, 7) is 5.74. The summed E-state index contributed by atoms with van der Waals surface area (Å²) in [4.78, 5) is 14.8. The van der Waals surface area contributed by atoms with Crippen LogP contribution in [-0.4, -0.2) is 34.7 Å². The molecule has 142 valence electrons. The minimum absolute atomic E-state index is 0.00492. The van der Waals surface area contributed by atoms with Gasteiger partial charge in [0, 0.05) is 29.5 Å². The monoisotopic (exact) mass is 397 g/mol. The molecule has 11 heteroatoms. The van der Waals surface area contributed by atoms with Gasteiger partial charge in [-0.05, 0) is 32.9 Å². The number of nitrogens with zero attached hydrogens (tertiary/aromatic N) is 7. The molecule has 4 aromatic rings. The molecule has 28 heavy (non-hydrogen) atoms. The molecule has 3 aromatic heterocycles. The van der Waals surface area contributed by atoms with Gasteiger partial charge >= 0.3 is 0 Å². The number of nitro benzene ring substituents is 1. The number of hydrogen-bond acceptors (Lipinski definition) is 9. The minimum atomic E-state index is -0.455. The Labute approximate surface area is 163 Å². The maximum absolute atomic E-state index is 10.8. The molecule has 0 fully saturated rings. The Kier molecular flexibility index (Phi) is 4.51. The molecule has 1 aromatic carbocycles. The third-order valence-corrected chi connectivity index (χ3v) is 5.08. The first-order valence-corrected chi connectivity index (χ1v) is 9.24. The molecular weight excluding hydrogens is 382 g/mol. The molecule has 0 bridgehead atoms. The van der Waals surface area contributed by atoms with Crippen molar-refractivity contribution in [3.63, 3.8) is 0 Å². The average Bonchev–Trinajstić information content (AvgIpc) is 3.29. The lowest BCUT2D eigenvalue weighted by atomic mass is 10.2. The van der Waals surface area contributed by atoms with Gasteiger partial charge in [-0.3, -0.25) is 14.5 Å². The van der Waals surface area contributed by atoms with Crippen molar-refractivity contribution < 1.29 is 9.34 Å². The van der Waals surface area contributed by atoms with Crippen LogP contribution in [0.3, 0.4) is 0 Å². The van der Waals surface area contributed by atoms with Crippen LogP contribution in [0.25, 0.3) is 17.1 Å². The van der Waals surface area contributed by atoms with Gasteiger partial charge in [-0.2, -0.15) is 0 Å². The topological polar surface area (TPSA) is 125 Å². The summed E-state index contributed by atoms with van der Waals surface area (Å²) >= 11 is 1.43. The van der Waals surface area contributed by atoms with Crippen molar-refractivity contribution >= 4 is 23.1 Å². The van der Waals surface area contributed by atoms with Crippen molar-refractivity contribution in [2.75, 3.05) is 0 Å². The Morgan fingerprint density at radius 3 is 2.61 bits per heavy atom. The Morgan fingerprint density at radius 1 is 1.14 bits per heavy atom. The van der Waals surface area contributed by atoms with E-state index >= 15 is 0 Å². The van der Waals surface area contributed by atoms with Gasteiger partial charge < -0.3 is 4.42 Å². The zero-order chi connectivity index (χ0) is 19.8. The molecule has 1 atom stereocenters. The van der Waals surface area contributed by atoms with E-state index in [0.717, 1.165) is 17.2 Å². The van der Waals surface area contributed by atoms with E-state index in [2.05, 4.69) is 25.4 Å². The van der Waals surface area contributed by atoms with Gasteiger partial charge in [-0.1, -0.05) is 11.8 Å². The van der Waals surface area contributed by atoms with E-state index < -0.39 is 4.92 Å². The summed E-state index contributed by atoms with van der Waals surface area (Å²) in [5, 5.41) is 27.9. The lowest BCUT2D eigenvalue weighted by molar-refractivity contribution is -0.384. The van der Waals surface area contributed by atoms with Gasteiger partial charge in [-0.15, -0.1) is 20.4 Å². The van der Waals surface area contributed by atoms with Crippen molar-refractivity contribution in [1.82, 2.24) is 29.8 Å². The molecule has 1 unspecified atom stereocenters. The molecule has 0 N–H and O–H groups in total. The molecule has 0 amide bonds. The van der Waals surface area contributed by atoms with Crippen molar-refractivity contribution in [2.45, 2.75) is 31.2 Å². The van der Waals surface area contributed by atoms with E-state index in [1.165, 1.54) is 23.9 Å². The highest BCUT2D eigenvalue weighted by Crippen LogP contribution is 2.34. The predicted octanol–water partition coefficient (Wildman–Crippen LogP) is 3.55. The van der Waals surface area contributed by atoms with Crippen LogP contribution in [0.1, 0.15) is 29.6 Å². The van der Waals surface area contributed by atoms with Gasteiger partial charge in [0.2, 0.25) is 11.8 Å². The highest BCUT2D eigenvalue weighted by molar-refractivity contribution is 7.99. The first kappa shape index (κ1) is 18.0. The number of benzene rings is 1. The second-order valence-electron chi connectivity index (χ2n) is 6.13. The van der Waals surface area contributed by atoms with Gasteiger partial charge in [-0.25, -0.2) is 4.98 Å². The van der Waals surface area contributed by atoms with Crippen LogP contribution < -0.4 is 0 Å². The summed E-state index contributed by atoms with van der Waals surface area (Å²) in [5.74, 6) is 1.52. The Balaban J connectivity index is 1.57. The Morgan fingerprint density at radius 2 is 1.89 bits per heavy atom. The average molecular weight is 397 g/mol. The SMILES string of the molecule is Cc1cc2nnc(SC(C)c3nnc(-c4ccc([N+](=O)[O-])cc4)o3)n2c(C)n1. The number of aromatic nitrogens is 6. The summed E-state index contributed by atoms with van der Waals surface area (Å²) in [6.07, 6.45) is 0. The Bertz CT molecular complexity index is 1170. The number of aryl methyl sites for hydroxylation is 2. The van der Waals surface area contributed by atoms with E-state index in [0.29, 0.717) is 22.5 Å². The lowest BCUT2D eigenvalue weighted by Gasteiger charge is -2.07. The third kappa shape index (κ3) is 3.31. The molecule has 3 heterocycles. The van der Waals surface area contributed by atoms with E-state index in [9.17, 15) is 10.1 Å². The van der Waals surface area contributed by atoms with Crippen LogP contribution in [0.15, 0.2) is 39.9 Å². The van der Waals surface area contributed by atoms with Crippen LogP contribution in [0.4, 0.5) is 5.69 Å². The first-order chi connectivity index (χ1) is 13.4. The van der Waals surface area contributed by atoms with Gasteiger partial charge in [0.1, 0.15) is 5.82 Å². The van der Waals surface area contributed by atoms with E-state index in [1.54, 1.807) is 12.1 Å². The number of rotatable bonds is 5. The molecule has 0 saturated carbocycles. The lowest BCUT2D eigenvalue weighted by Crippen LogP contribution is -2.00. The molecule has 0 spiro atoms. The van der Waals surface area contributed by atoms with Crippen molar-refractivity contribution in [3.8, 4) is 11.5 Å². The molecule has 0 saturated heterocycles. The maximum atomic E-state index is 10.8. The largest absolute Gasteiger partial charge is 0.419 e. The fraction of sp³-hybridized carbons (Fsp3) is 0.235. The molecule has 0 aliphatic rings. The van der Waals surface area contributed by atoms with E-state index in [1.807, 2.05) is 31.2 Å². The first-order valence-electron chi connectivity index (χ1n) is 8.36. The highest BCUT2D eigenvalue weighted by Gasteiger charge is 2.20. The second kappa shape index (κ2) is 7.00. The Hall–Kier alpha value is -3.34. The number of hydrogen-bond donors (Lipinski definition) is 0. The van der Waals surface area contributed by atoms with Crippen LogP contribution in [0.5, 0.6) is 0 Å². The van der Waals surface area contributed by atoms with E-state index in [4.69, 9.17) is 4.42 Å². The minimum Gasteiger partial charge on any atom is -0.419 e. The fourth-order valence-electron chi connectivity index (χ4n) is 2.73. The molecular formula is C17H15N7O3S. The number of non-ortho nitro benzene ring substituents is 1. The molecule has 0 radical (unpaired) electrons. The van der Waals surface area contributed by atoms with Crippen LogP contribution in [0, 0.1) is 24.0 Å². The fourth-order valence-corrected chi connectivity index (χ4v) is 3.66. The summed E-state index contributed by atoms with van der Waals surface area (Å²) < 4.78 is 7.63. The molecule has 0 aliphatic heterocycles. The van der Waals surface area contributed by atoms with Gasteiger partial charge in [0.05, 0.1) is 10.2 Å². The van der Waals surface area contributed by atoms with E-state index in [-0.39, 0.29) is 10.9 Å². The van der Waals surface area contributed by atoms with Crippen molar-refractivity contribution in [2.24, 2.45) is 0 Å². The van der Waals surface area contributed by atoms with Crippen molar-refractivity contribution in [1.29, 1.82) is 0 Å². The number of fused-ring (bicyclic) bond motifs is 1. The number of nitro groups is 1. The molecule has 10 nitrogen and oxygen atoms in total. The van der Waals surface area contributed by atoms with Crippen LogP contribution >= 0.6 is 11.8 Å². The quantitative estimate of drug-likeness (QED) is 0.282. The smallest absolute Gasteiger partial charge is 0.269 e. The highest BCUT2D eigenvalue weighted by atomic mass is 32.2. The van der Waals surface area contributed by atoms with Crippen LogP contribution in [0.2, 0.25) is 0 Å². The molecule has 4 rings (SSSR count). The maximum Gasteiger partial charge on any atom is 0.269 e.